The fourth-order valence-electron chi connectivity index (χ4n) is 2.96. The van der Waals surface area contributed by atoms with Gasteiger partial charge in [0.2, 0.25) is 5.91 Å². The summed E-state index contributed by atoms with van der Waals surface area (Å²) in [5.74, 6) is 1.52. The van der Waals surface area contributed by atoms with E-state index in [1.54, 1.807) is 12.5 Å². The summed E-state index contributed by atoms with van der Waals surface area (Å²) < 4.78 is 7.36. The Morgan fingerprint density at radius 1 is 1.41 bits per heavy atom. The van der Waals surface area contributed by atoms with E-state index < -0.39 is 0 Å². The van der Waals surface area contributed by atoms with E-state index in [9.17, 15) is 4.79 Å². The van der Waals surface area contributed by atoms with Gasteiger partial charge in [-0.15, -0.1) is 0 Å². The average Bonchev–Trinajstić information content (AvgIpc) is 3.12. The van der Waals surface area contributed by atoms with Crippen molar-refractivity contribution in [1.29, 1.82) is 0 Å². The van der Waals surface area contributed by atoms with Crippen molar-refractivity contribution in [3.63, 3.8) is 0 Å². The van der Waals surface area contributed by atoms with Gasteiger partial charge in [0.15, 0.2) is 0 Å². The van der Waals surface area contributed by atoms with Crippen molar-refractivity contribution < 1.29 is 9.21 Å². The summed E-state index contributed by atoms with van der Waals surface area (Å²) in [6.07, 6.45) is 7.48. The van der Waals surface area contributed by atoms with Crippen LogP contribution in [0.4, 0.5) is 0 Å². The highest BCUT2D eigenvalue weighted by Crippen LogP contribution is 2.28. The van der Waals surface area contributed by atoms with Gasteiger partial charge in [-0.2, -0.15) is 0 Å². The Morgan fingerprint density at radius 2 is 2.32 bits per heavy atom. The van der Waals surface area contributed by atoms with Gasteiger partial charge in [0.1, 0.15) is 5.82 Å². The molecule has 1 amide bonds. The molecule has 0 atom stereocenters. The highest BCUT2D eigenvalue weighted by atomic mass is 16.3. The molecule has 6 nitrogen and oxygen atoms in total. The van der Waals surface area contributed by atoms with Gasteiger partial charge >= 0.3 is 0 Å². The number of furan rings is 1. The maximum absolute atomic E-state index is 11.7. The van der Waals surface area contributed by atoms with Crippen LogP contribution in [0.3, 0.4) is 0 Å². The lowest BCUT2D eigenvalue weighted by Crippen LogP contribution is -2.34. The second-order valence-electron chi connectivity index (χ2n) is 6.15. The number of rotatable bonds is 5. The summed E-state index contributed by atoms with van der Waals surface area (Å²) in [5, 5.41) is 3.02. The van der Waals surface area contributed by atoms with Crippen LogP contribution in [-0.2, 0) is 31.0 Å². The second kappa shape index (κ2) is 5.61. The number of hydrogen-bond donors (Lipinski definition) is 1. The monoisotopic (exact) mass is 300 g/mol. The molecule has 3 heterocycles. The van der Waals surface area contributed by atoms with Crippen LogP contribution < -0.4 is 5.32 Å². The van der Waals surface area contributed by atoms with Crippen LogP contribution >= 0.6 is 0 Å². The van der Waals surface area contributed by atoms with Crippen molar-refractivity contribution in [1.82, 2.24) is 19.8 Å². The number of nitrogens with one attached hydrogen (secondary N) is 1. The van der Waals surface area contributed by atoms with Crippen molar-refractivity contribution >= 4 is 5.91 Å². The first kappa shape index (κ1) is 13.6. The van der Waals surface area contributed by atoms with Gasteiger partial charge in [-0.3, -0.25) is 9.69 Å². The molecule has 6 heteroatoms. The highest BCUT2D eigenvalue weighted by molar-refractivity contribution is 5.80. The van der Waals surface area contributed by atoms with E-state index in [1.807, 2.05) is 12.3 Å². The molecule has 0 spiro atoms. The van der Waals surface area contributed by atoms with Crippen molar-refractivity contribution in [2.75, 3.05) is 6.54 Å². The second-order valence-corrected chi connectivity index (χ2v) is 6.15. The fourth-order valence-corrected chi connectivity index (χ4v) is 2.96. The van der Waals surface area contributed by atoms with E-state index in [-0.39, 0.29) is 11.8 Å². The molecular formula is C16H20N4O2. The number of nitrogens with zero attached hydrogens (tertiary/aromatic N) is 3. The molecule has 2 aliphatic rings. The Morgan fingerprint density at radius 3 is 3.09 bits per heavy atom. The lowest BCUT2D eigenvalue weighted by Gasteiger charge is -2.28. The lowest BCUT2D eigenvalue weighted by atomic mass is 10.2. The van der Waals surface area contributed by atoms with E-state index in [1.165, 1.54) is 5.56 Å². The molecule has 1 saturated carbocycles. The summed E-state index contributed by atoms with van der Waals surface area (Å²) in [6, 6.07) is 2.00. The quantitative estimate of drug-likeness (QED) is 0.909. The largest absolute Gasteiger partial charge is 0.472 e. The number of aromatic nitrogens is 2. The Balaban J connectivity index is 1.38. The topological polar surface area (TPSA) is 63.3 Å². The Kier molecular flexibility index (Phi) is 3.46. The van der Waals surface area contributed by atoms with Gasteiger partial charge in [0.05, 0.1) is 37.5 Å². The number of carbonyl (C=O) groups is 1. The third-order valence-corrected chi connectivity index (χ3v) is 4.40. The molecule has 22 heavy (non-hydrogen) atoms. The van der Waals surface area contributed by atoms with E-state index >= 15 is 0 Å². The SMILES string of the molecule is O=C(NCc1cnc2n1CCN(Cc1ccoc1)C2)C1CC1. The first-order valence-electron chi connectivity index (χ1n) is 7.84. The molecule has 116 valence electrons. The third-order valence-electron chi connectivity index (χ3n) is 4.40. The molecular weight excluding hydrogens is 280 g/mol. The number of carbonyl (C=O) groups excluding carboxylic acids is 1. The molecule has 0 radical (unpaired) electrons. The van der Waals surface area contributed by atoms with E-state index in [0.29, 0.717) is 6.54 Å². The maximum Gasteiger partial charge on any atom is 0.223 e. The standard InChI is InChI=1S/C16H20N4O2/c21-16(13-1-2-13)18-8-14-7-17-15-10-19(4-5-20(14)15)9-12-3-6-22-11-12/h3,6-7,11,13H,1-2,4-5,8-10H2,(H,18,21). The predicted molar refractivity (Wildman–Crippen MR) is 79.6 cm³/mol. The summed E-state index contributed by atoms with van der Waals surface area (Å²) in [7, 11) is 0. The number of amides is 1. The Labute approximate surface area is 129 Å². The molecule has 1 aliphatic heterocycles. The molecule has 1 aliphatic carbocycles. The first-order valence-corrected chi connectivity index (χ1v) is 7.84. The van der Waals surface area contributed by atoms with Crippen molar-refractivity contribution in [2.45, 2.75) is 39.0 Å². The molecule has 2 aromatic heterocycles. The summed E-state index contributed by atoms with van der Waals surface area (Å²) in [6.45, 7) is 4.21. The predicted octanol–water partition coefficient (Wildman–Crippen LogP) is 1.52. The van der Waals surface area contributed by atoms with Crippen molar-refractivity contribution in [3.8, 4) is 0 Å². The third kappa shape index (κ3) is 2.78. The van der Waals surface area contributed by atoms with Crippen LogP contribution in [0.5, 0.6) is 0 Å². The molecule has 4 rings (SSSR count). The van der Waals surface area contributed by atoms with Gasteiger partial charge in [0.25, 0.3) is 0 Å². The van der Waals surface area contributed by atoms with Crippen LogP contribution in [0.15, 0.2) is 29.2 Å². The molecule has 0 unspecified atom stereocenters. The van der Waals surface area contributed by atoms with Crippen molar-refractivity contribution in [3.05, 3.63) is 41.9 Å². The van der Waals surface area contributed by atoms with Crippen LogP contribution in [0.1, 0.15) is 29.9 Å². The van der Waals surface area contributed by atoms with Crippen LogP contribution in [0.25, 0.3) is 0 Å². The van der Waals surface area contributed by atoms with E-state index in [0.717, 1.165) is 50.5 Å². The summed E-state index contributed by atoms with van der Waals surface area (Å²) in [5.41, 5.74) is 2.30. The first-order chi connectivity index (χ1) is 10.8. The summed E-state index contributed by atoms with van der Waals surface area (Å²) >= 11 is 0. The molecule has 1 fully saturated rings. The van der Waals surface area contributed by atoms with Crippen LogP contribution in [-0.4, -0.2) is 26.9 Å². The number of hydrogen-bond acceptors (Lipinski definition) is 4. The molecule has 0 aromatic carbocycles. The zero-order valence-corrected chi connectivity index (χ0v) is 12.5. The minimum absolute atomic E-state index is 0.188. The molecule has 2 aromatic rings. The van der Waals surface area contributed by atoms with E-state index in [4.69, 9.17) is 4.42 Å². The van der Waals surface area contributed by atoms with Crippen LogP contribution in [0.2, 0.25) is 0 Å². The molecule has 0 saturated heterocycles. The van der Waals surface area contributed by atoms with Crippen LogP contribution in [0, 0.1) is 5.92 Å². The Hall–Kier alpha value is -2.08. The smallest absolute Gasteiger partial charge is 0.223 e. The minimum Gasteiger partial charge on any atom is -0.472 e. The van der Waals surface area contributed by atoms with Gasteiger partial charge < -0.3 is 14.3 Å². The molecule has 0 bridgehead atoms. The Bertz CT molecular complexity index is 658. The summed E-state index contributed by atoms with van der Waals surface area (Å²) in [4.78, 5) is 18.6. The van der Waals surface area contributed by atoms with Gasteiger partial charge in [0, 0.05) is 31.1 Å². The normalized spacial score (nSPS) is 18.2. The fraction of sp³-hybridized carbons (Fsp3) is 0.500. The number of imidazole rings is 1. The van der Waals surface area contributed by atoms with Gasteiger partial charge in [-0.05, 0) is 18.9 Å². The zero-order chi connectivity index (χ0) is 14.9. The van der Waals surface area contributed by atoms with E-state index in [2.05, 4.69) is 19.8 Å². The average molecular weight is 300 g/mol. The molecule has 1 N–H and O–H groups in total. The van der Waals surface area contributed by atoms with Gasteiger partial charge in [-0.1, -0.05) is 0 Å². The van der Waals surface area contributed by atoms with Crippen molar-refractivity contribution in [2.24, 2.45) is 5.92 Å². The lowest BCUT2D eigenvalue weighted by molar-refractivity contribution is -0.122. The van der Waals surface area contributed by atoms with Gasteiger partial charge in [-0.25, -0.2) is 4.98 Å². The number of fused-ring (bicyclic) bond motifs is 1. The zero-order valence-electron chi connectivity index (χ0n) is 12.5. The highest BCUT2D eigenvalue weighted by Gasteiger charge is 2.29. The maximum atomic E-state index is 11.7. The minimum atomic E-state index is 0.188.